The monoisotopic (exact) mass is 384 g/mol. The highest BCUT2D eigenvalue weighted by molar-refractivity contribution is 7.88. The van der Waals surface area contributed by atoms with Crippen LogP contribution in [0.3, 0.4) is 0 Å². The van der Waals surface area contributed by atoms with E-state index in [1.54, 1.807) is 4.31 Å². The van der Waals surface area contributed by atoms with Crippen LogP contribution in [-0.4, -0.2) is 57.7 Å². The number of aliphatic imine (C=N–C) groups is 1. The van der Waals surface area contributed by atoms with E-state index in [1.807, 2.05) is 7.05 Å². The average Bonchev–Trinajstić information content (AvgIpc) is 2.64. The minimum atomic E-state index is -3.04. The number of guanidine groups is 1. The Bertz CT molecular complexity index is 584. The van der Waals surface area contributed by atoms with E-state index in [1.165, 1.54) is 51.2 Å². The molecule has 1 heterocycles. The first-order valence-corrected chi connectivity index (χ1v) is 12.2. The lowest BCUT2D eigenvalue weighted by Crippen LogP contribution is -2.48. The second-order valence-electron chi connectivity index (χ2n) is 8.52. The van der Waals surface area contributed by atoms with Crippen molar-refractivity contribution in [2.75, 3.05) is 32.9 Å². The lowest BCUT2D eigenvalue weighted by atomic mass is 9.69. The number of rotatable bonds is 4. The van der Waals surface area contributed by atoms with Crippen LogP contribution in [0.25, 0.3) is 0 Å². The maximum atomic E-state index is 11.6. The Hall–Kier alpha value is -0.820. The quantitative estimate of drug-likeness (QED) is 0.576. The lowest BCUT2D eigenvalue weighted by Gasteiger charge is -2.40. The maximum Gasteiger partial charge on any atom is 0.211 e. The lowest BCUT2D eigenvalue weighted by molar-refractivity contribution is 0.150. The van der Waals surface area contributed by atoms with Crippen LogP contribution >= 0.6 is 0 Å². The number of nitrogens with zero attached hydrogens (tertiary/aromatic N) is 2. The summed E-state index contributed by atoms with van der Waals surface area (Å²) < 4.78 is 24.8. The summed E-state index contributed by atoms with van der Waals surface area (Å²) in [6.45, 7) is 2.15. The molecular weight excluding hydrogens is 348 g/mol. The van der Waals surface area contributed by atoms with Crippen molar-refractivity contribution < 1.29 is 8.42 Å². The Balaban J connectivity index is 1.40. The van der Waals surface area contributed by atoms with Crippen LogP contribution in [0.4, 0.5) is 0 Å². The molecule has 0 spiro atoms. The zero-order chi connectivity index (χ0) is 18.6. The van der Waals surface area contributed by atoms with E-state index < -0.39 is 10.0 Å². The molecule has 150 valence electrons. The predicted molar refractivity (Wildman–Crippen MR) is 107 cm³/mol. The number of sulfonamides is 1. The molecule has 0 amide bonds. The predicted octanol–water partition coefficient (Wildman–Crippen LogP) is 2.18. The molecule has 2 N–H and O–H groups in total. The molecule has 7 heteroatoms. The molecule has 6 nitrogen and oxygen atoms in total. The molecule has 1 saturated heterocycles. The number of hydrogen-bond donors (Lipinski definition) is 2. The molecule has 0 aromatic heterocycles. The summed E-state index contributed by atoms with van der Waals surface area (Å²) in [7, 11) is -1.20. The summed E-state index contributed by atoms with van der Waals surface area (Å²) in [5.74, 6) is 3.31. The van der Waals surface area contributed by atoms with E-state index in [0.29, 0.717) is 25.0 Å². The Morgan fingerprint density at radius 1 is 1.04 bits per heavy atom. The number of piperidine rings is 1. The molecule has 2 aliphatic carbocycles. The number of fused-ring (bicyclic) bond motifs is 1. The standard InChI is InChI=1S/C19H36N4O2S/c1-20-19(21-14-15-9-11-23(12-10-15)26(2,24)25)22-18-8-7-16-5-3-4-6-17(16)13-18/h15-18H,3-14H2,1-2H3,(H2,20,21,22). The van der Waals surface area contributed by atoms with Gasteiger partial charge in [-0.05, 0) is 49.9 Å². The fourth-order valence-electron chi connectivity index (χ4n) is 5.08. The molecule has 3 rings (SSSR count). The molecule has 0 aromatic carbocycles. The van der Waals surface area contributed by atoms with Crippen molar-refractivity contribution in [3.05, 3.63) is 0 Å². The van der Waals surface area contributed by atoms with E-state index in [0.717, 1.165) is 37.2 Å². The van der Waals surface area contributed by atoms with Gasteiger partial charge in [0.15, 0.2) is 5.96 Å². The zero-order valence-electron chi connectivity index (χ0n) is 16.4. The smallest absolute Gasteiger partial charge is 0.211 e. The van der Waals surface area contributed by atoms with Crippen LogP contribution in [0.15, 0.2) is 4.99 Å². The number of hydrogen-bond acceptors (Lipinski definition) is 3. The Labute approximate surface area is 159 Å². The summed E-state index contributed by atoms with van der Waals surface area (Å²) in [5.41, 5.74) is 0. The van der Waals surface area contributed by atoms with Gasteiger partial charge in [0.2, 0.25) is 10.0 Å². The van der Waals surface area contributed by atoms with E-state index in [9.17, 15) is 8.42 Å². The SMILES string of the molecule is CN=C(NCC1CCN(S(C)(=O)=O)CC1)NC1CCC2CCCCC2C1. The molecule has 3 fully saturated rings. The third-order valence-corrected chi connectivity index (χ3v) is 8.01. The zero-order valence-corrected chi connectivity index (χ0v) is 17.2. The van der Waals surface area contributed by atoms with Crippen molar-refractivity contribution in [2.24, 2.45) is 22.7 Å². The Kier molecular flexibility index (Phi) is 6.83. The van der Waals surface area contributed by atoms with Gasteiger partial charge in [-0.15, -0.1) is 0 Å². The highest BCUT2D eigenvalue weighted by Crippen LogP contribution is 2.40. The van der Waals surface area contributed by atoms with Gasteiger partial charge in [0, 0.05) is 32.7 Å². The molecule has 3 atom stereocenters. The largest absolute Gasteiger partial charge is 0.356 e. The van der Waals surface area contributed by atoms with Crippen LogP contribution in [0.1, 0.15) is 57.8 Å². The summed E-state index contributed by atoms with van der Waals surface area (Å²) >= 11 is 0. The summed E-state index contributed by atoms with van der Waals surface area (Å²) in [6, 6.07) is 0.549. The number of nitrogens with one attached hydrogen (secondary N) is 2. The van der Waals surface area contributed by atoms with Crippen LogP contribution in [0.5, 0.6) is 0 Å². The highest BCUT2D eigenvalue weighted by atomic mass is 32.2. The van der Waals surface area contributed by atoms with Crippen LogP contribution in [0, 0.1) is 17.8 Å². The first kappa shape index (κ1) is 19.9. The second-order valence-corrected chi connectivity index (χ2v) is 10.5. The normalized spacial score (nSPS) is 32.1. The van der Waals surface area contributed by atoms with E-state index in [4.69, 9.17) is 0 Å². The van der Waals surface area contributed by atoms with Gasteiger partial charge in [0.1, 0.15) is 0 Å². The summed E-state index contributed by atoms with van der Waals surface area (Å²) in [5, 5.41) is 7.13. The topological polar surface area (TPSA) is 73.8 Å². The molecule has 0 radical (unpaired) electrons. The van der Waals surface area contributed by atoms with Crippen LogP contribution in [-0.2, 0) is 10.0 Å². The van der Waals surface area contributed by atoms with Gasteiger partial charge in [-0.1, -0.05) is 25.7 Å². The summed E-state index contributed by atoms with van der Waals surface area (Å²) in [6.07, 6.45) is 12.8. The van der Waals surface area contributed by atoms with Crippen molar-refractivity contribution in [3.63, 3.8) is 0 Å². The van der Waals surface area contributed by atoms with Crippen molar-refractivity contribution in [1.82, 2.24) is 14.9 Å². The van der Waals surface area contributed by atoms with E-state index >= 15 is 0 Å². The molecule has 3 unspecified atom stereocenters. The molecule has 0 bridgehead atoms. The third kappa shape index (κ3) is 5.35. The van der Waals surface area contributed by atoms with Gasteiger partial charge in [0.25, 0.3) is 0 Å². The molecule has 3 aliphatic rings. The van der Waals surface area contributed by atoms with Gasteiger partial charge in [-0.2, -0.15) is 0 Å². The fourth-order valence-corrected chi connectivity index (χ4v) is 5.95. The molecule has 1 aliphatic heterocycles. The third-order valence-electron chi connectivity index (χ3n) is 6.70. The van der Waals surface area contributed by atoms with Crippen LogP contribution in [0.2, 0.25) is 0 Å². The first-order chi connectivity index (χ1) is 12.5. The van der Waals surface area contributed by atoms with Gasteiger partial charge < -0.3 is 10.6 Å². The van der Waals surface area contributed by atoms with Crippen molar-refractivity contribution in [3.8, 4) is 0 Å². The molecule has 26 heavy (non-hydrogen) atoms. The van der Waals surface area contributed by atoms with Gasteiger partial charge in [0.05, 0.1) is 6.26 Å². The van der Waals surface area contributed by atoms with Crippen molar-refractivity contribution in [1.29, 1.82) is 0 Å². The van der Waals surface area contributed by atoms with Crippen molar-refractivity contribution in [2.45, 2.75) is 63.8 Å². The minimum Gasteiger partial charge on any atom is -0.356 e. The molecule has 2 saturated carbocycles. The van der Waals surface area contributed by atoms with E-state index in [-0.39, 0.29) is 0 Å². The maximum absolute atomic E-state index is 11.6. The fraction of sp³-hybridized carbons (Fsp3) is 0.947. The average molecular weight is 385 g/mol. The van der Waals surface area contributed by atoms with Gasteiger partial charge in [-0.3, -0.25) is 4.99 Å². The van der Waals surface area contributed by atoms with Crippen LogP contribution < -0.4 is 10.6 Å². The van der Waals surface area contributed by atoms with E-state index in [2.05, 4.69) is 15.6 Å². The van der Waals surface area contributed by atoms with Gasteiger partial charge >= 0.3 is 0 Å². The first-order valence-electron chi connectivity index (χ1n) is 10.4. The second kappa shape index (κ2) is 8.91. The Morgan fingerprint density at radius 2 is 1.73 bits per heavy atom. The molecular formula is C19H36N4O2S. The Morgan fingerprint density at radius 3 is 2.38 bits per heavy atom. The van der Waals surface area contributed by atoms with Crippen molar-refractivity contribution >= 4 is 16.0 Å². The highest BCUT2D eigenvalue weighted by Gasteiger charge is 2.32. The summed E-state index contributed by atoms with van der Waals surface area (Å²) in [4.78, 5) is 4.41. The molecule has 0 aromatic rings. The van der Waals surface area contributed by atoms with Gasteiger partial charge in [-0.25, -0.2) is 12.7 Å². The minimum absolute atomic E-state index is 0.514.